The number of carbonyl (C=O) groups is 1. The minimum absolute atomic E-state index is 0.00660. The van der Waals surface area contributed by atoms with Crippen LogP contribution in [0.2, 0.25) is 0 Å². The Morgan fingerprint density at radius 1 is 1.22 bits per heavy atom. The highest BCUT2D eigenvalue weighted by Crippen LogP contribution is 2.21. The van der Waals surface area contributed by atoms with Crippen molar-refractivity contribution in [2.75, 3.05) is 0 Å². The summed E-state index contributed by atoms with van der Waals surface area (Å²) in [5.74, 6) is -0.00660. The molecule has 1 aromatic rings. The van der Waals surface area contributed by atoms with E-state index in [0.29, 0.717) is 6.54 Å². The van der Waals surface area contributed by atoms with Gasteiger partial charge >= 0.3 is 0 Å². The van der Waals surface area contributed by atoms with E-state index in [1.807, 2.05) is 6.92 Å². The zero-order chi connectivity index (χ0) is 16.1. The van der Waals surface area contributed by atoms with E-state index in [1.54, 1.807) is 0 Å². The number of ether oxygens (including phenoxy) is 1. The molecule has 1 aromatic carbocycles. The molecular weight excluding hydrogens is 288 g/mol. The van der Waals surface area contributed by atoms with Gasteiger partial charge in [-0.25, -0.2) is 0 Å². The standard InChI is InChI=1S/C19H28N2O2/c1-14(23-18-6-4-2-3-5-7-18)19(22)21-11-15-8-9-16-12-20-13-17(16)10-15/h8-10,14,18,20H,2-7,11-13H2,1H3,(H,21,22). The van der Waals surface area contributed by atoms with Crippen LogP contribution >= 0.6 is 0 Å². The summed E-state index contributed by atoms with van der Waals surface area (Å²) in [4.78, 5) is 12.3. The third kappa shape index (κ3) is 4.55. The van der Waals surface area contributed by atoms with Crippen LogP contribution in [-0.4, -0.2) is 18.1 Å². The van der Waals surface area contributed by atoms with E-state index in [1.165, 1.54) is 36.8 Å². The second-order valence-electron chi connectivity index (χ2n) is 6.82. The average molecular weight is 316 g/mol. The quantitative estimate of drug-likeness (QED) is 0.821. The summed E-state index contributed by atoms with van der Waals surface area (Å²) in [6.07, 6.45) is 7.12. The van der Waals surface area contributed by atoms with Crippen molar-refractivity contribution in [2.45, 2.75) is 77.3 Å². The van der Waals surface area contributed by atoms with Gasteiger partial charge in [-0.05, 0) is 36.5 Å². The highest BCUT2D eigenvalue weighted by molar-refractivity contribution is 5.80. The molecule has 23 heavy (non-hydrogen) atoms. The van der Waals surface area contributed by atoms with Gasteiger partial charge in [0, 0.05) is 19.6 Å². The zero-order valence-corrected chi connectivity index (χ0v) is 14.1. The summed E-state index contributed by atoms with van der Waals surface area (Å²) in [6, 6.07) is 6.44. The highest BCUT2D eigenvalue weighted by atomic mass is 16.5. The summed E-state index contributed by atoms with van der Waals surface area (Å²) in [5, 5.41) is 6.35. The fourth-order valence-electron chi connectivity index (χ4n) is 3.52. The molecular formula is C19H28N2O2. The molecule has 1 aliphatic carbocycles. The molecule has 4 nitrogen and oxygen atoms in total. The summed E-state index contributed by atoms with van der Waals surface area (Å²) in [6.45, 7) is 4.32. The van der Waals surface area contributed by atoms with Gasteiger partial charge in [-0.2, -0.15) is 0 Å². The Morgan fingerprint density at radius 2 is 1.96 bits per heavy atom. The van der Waals surface area contributed by atoms with Crippen molar-refractivity contribution in [3.63, 3.8) is 0 Å². The van der Waals surface area contributed by atoms with E-state index in [9.17, 15) is 4.79 Å². The molecule has 126 valence electrons. The minimum atomic E-state index is -0.366. The second-order valence-corrected chi connectivity index (χ2v) is 6.82. The van der Waals surface area contributed by atoms with Crippen LogP contribution < -0.4 is 10.6 Å². The lowest BCUT2D eigenvalue weighted by Gasteiger charge is -2.20. The lowest BCUT2D eigenvalue weighted by Crippen LogP contribution is -2.36. The van der Waals surface area contributed by atoms with Crippen molar-refractivity contribution in [2.24, 2.45) is 0 Å². The Balaban J connectivity index is 1.46. The summed E-state index contributed by atoms with van der Waals surface area (Å²) >= 11 is 0. The molecule has 3 rings (SSSR count). The van der Waals surface area contributed by atoms with Crippen molar-refractivity contribution >= 4 is 5.91 Å². The fourth-order valence-corrected chi connectivity index (χ4v) is 3.52. The topological polar surface area (TPSA) is 50.4 Å². The maximum Gasteiger partial charge on any atom is 0.249 e. The Hall–Kier alpha value is -1.39. The Morgan fingerprint density at radius 3 is 2.74 bits per heavy atom. The largest absolute Gasteiger partial charge is 0.365 e. The number of nitrogens with one attached hydrogen (secondary N) is 2. The van der Waals surface area contributed by atoms with Crippen molar-refractivity contribution in [3.8, 4) is 0 Å². The molecule has 0 saturated heterocycles. The SMILES string of the molecule is CC(OC1CCCCCC1)C(=O)NCc1ccc2c(c1)CNC2. The molecule has 1 aliphatic heterocycles. The zero-order valence-electron chi connectivity index (χ0n) is 14.1. The third-order valence-electron chi connectivity index (χ3n) is 4.94. The third-order valence-corrected chi connectivity index (χ3v) is 4.94. The lowest BCUT2D eigenvalue weighted by molar-refractivity contribution is -0.136. The van der Waals surface area contributed by atoms with Crippen LogP contribution in [0.15, 0.2) is 18.2 Å². The van der Waals surface area contributed by atoms with Gasteiger partial charge in [-0.1, -0.05) is 43.9 Å². The fraction of sp³-hybridized carbons (Fsp3) is 0.632. The van der Waals surface area contributed by atoms with E-state index < -0.39 is 0 Å². The highest BCUT2D eigenvalue weighted by Gasteiger charge is 2.20. The van der Waals surface area contributed by atoms with Crippen molar-refractivity contribution in [3.05, 3.63) is 34.9 Å². The van der Waals surface area contributed by atoms with Gasteiger partial charge in [-0.3, -0.25) is 4.79 Å². The molecule has 0 spiro atoms. The lowest BCUT2D eigenvalue weighted by atomic mass is 10.1. The smallest absolute Gasteiger partial charge is 0.249 e. The first-order valence-corrected chi connectivity index (χ1v) is 8.97. The molecule has 1 atom stereocenters. The van der Waals surface area contributed by atoms with Gasteiger partial charge in [0.15, 0.2) is 0 Å². The van der Waals surface area contributed by atoms with Crippen molar-refractivity contribution in [1.82, 2.24) is 10.6 Å². The van der Waals surface area contributed by atoms with Gasteiger partial charge in [0.2, 0.25) is 5.91 Å². The van der Waals surface area contributed by atoms with Crippen LogP contribution in [0.25, 0.3) is 0 Å². The predicted molar refractivity (Wildman–Crippen MR) is 90.9 cm³/mol. The molecule has 0 radical (unpaired) electrons. The molecule has 1 unspecified atom stereocenters. The first-order valence-electron chi connectivity index (χ1n) is 8.97. The first kappa shape index (κ1) is 16.5. The van der Waals surface area contributed by atoms with E-state index in [2.05, 4.69) is 28.8 Å². The number of hydrogen-bond donors (Lipinski definition) is 2. The Labute approximate surface area is 139 Å². The Bertz CT molecular complexity index is 536. The predicted octanol–water partition coefficient (Wildman–Crippen LogP) is 3.03. The van der Waals surface area contributed by atoms with E-state index in [0.717, 1.165) is 31.5 Å². The van der Waals surface area contributed by atoms with Gasteiger partial charge in [0.1, 0.15) is 6.10 Å². The van der Waals surface area contributed by atoms with Crippen LogP contribution in [0.1, 0.15) is 62.1 Å². The van der Waals surface area contributed by atoms with Crippen LogP contribution in [0.4, 0.5) is 0 Å². The van der Waals surface area contributed by atoms with E-state index in [4.69, 9.17) is 4.74 Å². The molecule has 1 amide bonds. The molecule has 1 saturated carbocycles. The number of rotatable bonds is 5. The molecule has 0 bridgehead atoms. The number of benzene rings is 1. The van der Waals surface area contributed by atoms with Crippen molar-refractivity contribution < 1.29 is 9.53 Å². The molecule has 1 fully saturated rings. The van der Waals surface area contributed by atoms with Crippen molar-refractivity contribution in [1.29, 1.82) is 0 Å². The number of hydrogen-bond acceptors (Lipinski definition) is 3. The molecule has 0 aromatic heterocycles. The van der Waals surface area contributed by atoms with Crippen LogP contribution in [0, 0.1) is 0 Å². The van der Waals surface area contributed by atoms with Crippen LogP contribution in [0.5, 0.6) is 0 Å². The molecule has 4 heteroatoms. The first-order chi connectivity index (χ1) is 11.2. The van der Waals surface area contributed by atoms with Gasteiger partial charge in [0.25, 0.3) is 0 Å². The Kier molecular flexibility index (Phi) is 5.68. The van der Waals surface area contributed by atoms with Gasteiger partial charge in [0.05, 0.1) is 6.10 Å². The van der Waals surface area contributed by atoms with E-state index in [-0.39, 0.29) is 18.1 Å². The van der Waals surface area contributed by atoms with E-state index >= 15 is 0 Å². The van der Waals surface area contributed by atoms with Gasteiger partial charge in [-0.15, -0.1) is 0 Å². The van der Waals surface area contributed by atoms with Crippen LogP contribution in [0.3, 0.4) is 0 Å². The summed E-state index contributed by atoms with van der Waals surface area (Å²) in [7, 11) is 0. The van der Waals surface area contributed by atoms with Crippen LogP contribution in [-0.2, 0) is 29.2 Å². The second kappa shape index (κ2) is 7.93. The summed E-state index contributed by atoms with van der Waals surface area (Å²) in [5.41, 5.74) is 3.87. The summed E-state index contributed by atoms with van der Waals surface area (Å²) < 4.78 is 5.97. The minimum Gasteiger partial charge on any atom is -0.365 e. The number of amides is 1. The molecule has 1 heterocycles. The van der Waals surface area contributed by atoms with Gasteiger partial charge < -0.3 is 15.4 Å². The normalized spacial score (nSPS) is 19.9. The monoisotopic (exact) mass is 316 g/mol. The maximum atomic E-state index is 12.3. The average Bonchev–Trinajstić information content (AvgIpc) is 2.88. The molecule has 2 aliphatic rings. The number of carbonyl (C=O) groups excluding carboxylic acids is 1. The maximum absolute atomic E-state index is 12.3. The number of fused-ring (bicyclic) bond motifs is 1. The molecule has 2 N–H and O–H groups in total.